The highest BCUT2D eigenvalue weighted by Gasteiger charge is 2.27. The van der Waals surface area contributed by atoms with Crippen molar-refractivity contribution in [3.63, 3.8) is 0 Å². The Morgan fingerprint density at radius 1 is 0.400 bits per heavy atom. The molecule has 6 nitrogen and oxygen atoms in total. The zero-order valence-electron chi connectivity index (χ0n) is 29.2. The second-order valence-corrected chi connectivity index (χ2v) is 14.3. The average Bonchev–Trinajstić information content (AvgIpc) is 3.91. The lowest BCUT2D eigenvalue weighted by Crippen LogP contribution is -2.04. The number of fused-ring (bicyclic) bond motifs is 7. The van der Waals surface area contributed by atoms with Crippen molar-refractivity contribution in [3.05, 3.63) is 164 Å². The number of hydrogen-bond donors (Lipinski definition) is 0. The molecular weight excluding hydrogens is 675 g/mol. The van der Waals surface area contributed by atoms with E-state index in [0.717, 1.165) is 99.5 Å². The second kappa shape index (κ2) is 10.5. The van der Waals surface area contributed by atoms with Crippen LogP contribution in [0.15, 0.2) is 168 Å². The fraction of sp³-hybridized carbons (Fsp3) is 0. The van der Waals surface area contributed by atoms with Gasteiger partial charge in [0.2, 0.25) is 0 Å². The maximum absolute atomic E-state index is 6.41. The molecule has 0 N–H and O–H groups in total. The number of pyridine rings is 1. The Morgan fingerprint density at radius 3 is 1.87 bits per heavy atom. The average molecular weight is 702 g/mol. The van der Waals surface area contributed by atoms with Gasteiger partial charge in [-0.05, 0) is 72.1 Å². The van der Waals surface area contributed by atoms with Crippen molar-refractivity contribution in [2.24, 2.45) is 0 Å². The molecule has 254 valence electrons. The van der Waals surface area contributed by atoms with Crippen LogP contribution in [0, 0.1) is 0 Å². The van der Waals surface area contributed by atoms with Crippen molar-refractivity contribution in [1.82, 2.24) is 24.1 Å². The van der Waals surface area contributed by atoms with Crippen molar-refractivity contribution in [2.45, 2.75) is 0 Å². The first-order valence-electron chi connectivity index (χ1n) is 18.5. The normalized spacial score (nSPS) is 12.4. The van der Waals surface area contributed by atoms with Crippen LogP contribution in [0.4, 0.5) is 0 Å². The highest BCUT2D eigenvalue weighted by atomic mass is 16.3. The van der Waals surface area contributed by atoms with Gasteiger partial charge < -0.3 is 8.98 Å². The molecule has 0 aliphatic rings. The Balaban J connectivity index is 1.28. The molecule has 13 rings (SSSR count). The summed E-state index contributed by atoms with van der Waals surface area (Å²) in [6, 6.07) is 55.4. The van der Waals surface area contributed by atoms with Crippen LogP contribution in [0.1, 0.15) is 0 Å². The molecular formula is C49H27N5O. The molecule has 0 amide bonds. The molecule has 0 bridgehead atoms. The lowest BCUT2D eigenvalue weighted by atomic mass is 9.96. The SMILES string of the molecule is c1ccc(-n2c3cccc4c5cccnc5c5cccc6c5c5c(c43)c2ccc5n6-c2nc3ccccc3nc2-c2cccc3oc4ccccc4c23)cc1. The van der Waals surface area contributed by atoms with Crippen molar-refractivity contribution in [1.29, 1.82) is 0 Å². The van der Waals surface area contributed by atoms with Gasteiger partial charge in [0.25, 0.3) is 0 Å². The third-order valence-electron chi connectivity index (χ3n) is 11.5. The monoisotopic (exact) mass is 701 g/mol. The minimum atomic E-state index is 0.764. The fourth-order valence-electron chi connectivity index (χ4n) is 9.34. The maximum Gasteiger partial charge on any atom is 0.165 e. The lowest BCUT2D eigenvalue weighted by Gasteiger charge is -2.14. The number of rotatable bonds is 3. The minimum absolute atomic E-state index is 0.764. The van der Waals surface area contributed by atoms with Gasteiger partial charge in [-0.1, -0.05) is 91.0 Å². The number of aromatic nitrogens is 5. The molecule has 0 aliphatic carbocycles. The molecule has 0 aliphatic heterocycles. The van der Waals surface area contributed by atoms with E-state index in [0.29, 0.717) is 0 Å². The summed E-state index contributed by atoms with van der Waals surface area (Å²) in [7, 11) is 0. The summed E-state index contributed by atoms with van der Waals surface area (Å²) in [5, 5.41) is 10.2. The number of furan rings is 1. The van der Waals surface area contributed by atoms with Gasteiger partial charge >= 0.3 is 0 Å². The van der Waals surface area contributed by atoms with Crippen LogP contribution in [0.3, 0.4) is 0 Å². The lowest BCUT2D eigenvalue weighted by molar-refractivity contribution is 0.669. The standard InChI is InChI=1S/C49H27N5O/c1-2-12-28(13-3-1)53-36-21-8-15-29-30-18-11-27-50-47(30)33-16-9-22-37-44(33)46-39(26-25-38(53)45(46)43(29)36)54(37)49-48(51-34-19-5-6-20-35(34)52-49)32-17-10-24-41-42(32)31-14-4-7-23-40(31)55-41/h1-27H. The molecule has 5 heterocycles. The largest absolute Gasteiger partial charge is 0.456 e. The first-order valence-corrected chi connectivity index (χ1v) is 18.5. The minimum Gasteiger partial charge on any atom is -0.456 e. The van der Waals surface area contributed by atoms with Crippen LogP contribution in [-0.2, 0) is 0 Å². The van der Waals surface area contributed by atoms with Crippen molar-refractivity contribution in [2.75, 3.05) is 0 Å². The van der Waals surface area contributed by atoms with E-state index in [1.54, 1.807) is 0 Å². The van der Waals surface area contributed by atoms with Crippen molar-refractivity contribution in [3.8, 4) is 22.8 Å². The molecule has 0 unspecified atom stereocenters. The molecule has 6 heteroatoms. The van der Waals surface area contributed by atoms with Gasteiger partial charge in [0.1, 0.15) is 16.9 Å². The van der Waals surface area contributed by atoms with Crippen LogP contribution in [-0.4, -0.2) is 24.1 Å². The number of benzene rings is 7. The van der Waals surface area contributed by atoms with Crippen LogP contribution < -0.4 is 0 Å². The van der Waals surface area contributed by atoms with Crippen molar-refractivity contribution < 1.29 is 4.42 Å². The molecule has 0 fully saturated rings. The summed E-state index contributed by atoms with van der Waals surface area (Å²) in [6.45, 7) is 0. The van der Waals surface area contributed by atoms with E-state index >= 15 is 0 Å². The first kappa shape index (κ1) is 28.9. The Bertz CT molecular complexity index is 3720. The Hall–Kier alpha value is -7.57. The van der Waals surface area contributed by atoms with Gasteiger partial charge in [0, 0.05) is 60.5 Å². The van der Waals surface area contributed by atoms with Gasteiger partial charge in [-0.25, -0.2) is 9.97 Å². The smallest absolute Gasteiger partial charge is 0.165 e. The summed E-state index contributed by atoms with van der Waals surface area (Å²) in [5.74, 6) is 0.764. The summed E-state index contributed by atoms with van der Waals surface area (Å²) in [4.78, 5) is 16.1. The van der Waals surface area contributed by atoms with E-state index in [9.17, 15) is 0 Å². The van der Waals surface area contributed by atoms with Crippen LogP contribution in [0.5, 0.6) is 0 Å². The molecule has 0 saturated carbocycles. The summed E-state index contributed by atoms with van der Waals surface area (Å²) in [5.41, 5.74) is 11.6. The van der Waals surface area contributed by atoms with E-state index in [2.05, 4.69) is 130 Å². The number of para-hydroxylation sites is 4. The highest BCUT2D eigenvalue weighted by Crippen LogP contribution is 2.48. The molecule has 5 aromatic heterocycles. The first-order chi connectivity index (χ1) is 27.3. The molecule has 0 atom stereocenters. The van der Waals surface area contributed by atoms with Gasteiger partial charge in [-0.3, -0.25) is 9.55 Å². The van der Waals surface area contributed by atoms with E-state index < -0.39 is 0 Å². The van der Waals surface area contributed by atoms with Crippen molar-refractivity contribution >= 4 is 98.3 Å². The third-order valence-corrected chi connectivity index (χ3v) is 11.5. The Kier molecular flexibility index (Phi) is 5.54. The molecule has 13 aromatic rings. The topological polar surface area (TPSA) is 61.7 Å². The fourth-order valence-corrected chi connectivity index (χ4v) is 9.34. The van der Waals surface area contributed by atoms with E-state index in [-0.39, 0.29) is 0 Å². The quantitative estimate of drug-likeness (QED) is 0.184. The maximum atomic E-state index is 6.41. The van der Waals surface area contributed by atoms with E-state index in [4.69, 9.17) is 19.4 Å². The zero-order chi connectivity index (χ0) is 35.8. The number of hydrogen-bond acceptors (Lipinski definition) is 4. The van der Waals surface area contributed by atoms with Crippen LogP contribution in [0.2, 0.25) is 0 Å². The Labute approximate surface area is 312 Å². The van der Waals surface area contributed by atoms with Gasteiger partial charge in [-0.15, -0.1) is 0 Å². The van der Waals surface area contributed by atoms with E-state index in [1.165, 1.54) is 21.5 Å². The second-order valence-electron chi connectivity index (χ2n) is 14.3. The molecule has 55 heavy (non-hydrogen) atoms. The van der Waals surface area contributed by atoms with Gasteiger partial charge in [0.15, 0.2) is 5.82 Å². The predicted octanol–water partition coefficient (Wildman–Crippen LogP) is 12.5. The van der Waals surface area contributed by atoms with Gasteiger partial charge in [-0.2, -0.15) is 0 Å². The highest BCUT2D eigenvalue weighted by molar-refractivity contribution is 6.38. The van der Waals surface area contributed by atoms with Crippen LogP contribution >= 0.6 is 0 Å². The molecule has 0 spiro atoms. The zero-order valence-corrected chi connectivity index (χ0v) is 29.2. The third kappa shape index (κ3) is 3.75. The molecule has 0 radical (unpaired) electrons. The van der Waals surface area contributed by atoms with Crippen LogP contribution in [0.25, 0.3) is 121 Å². The van der Waals surface area contributed by atoms with Gasteiger partial charge in [0.05, 0.1) is 38.6 Å². The Morgan fingerprint density at radius 2 is 1.02 bits per heavy atom. The molecule has 0 saturated heterocycles. The predicted molar refractivity (Wildman–Crippen MR) is 225 cm³/mol. The summed E-state index contributed by atoms with van der Waals surface area (Å²) < 4.78 is 11.2. The van der Waals surface area contributed by atoms with E-state index in [1.807, 2.05) is 42.6 Å². The summed E-state index contributed by atoms with van der Waals surface area (Å²) >= 11 is 0. The summed E-state index contributed by atoms with van der Waals surface area (Å²) in [6.07, 6.45) is 1.91. The molecule has 8 aromatic carbocycles. The number of nitrogens with zero attached hydrogens (tertiary/aromatic N) is 5.